The van der Waals surface area contributed by atoms with Crippen LogP contribution in [-0.4, -0.2) is 27.4 Å². The first-order valence-electron chi connectivity index (χ1n) is 7.24. The zero-order chi connectivity index (χ0) is 15.4. The summed E-state index contributed by atoms with van der Waals surface area (Å²) in [6.45, 7) is 8.47. The molecule has 0 saturated carbocycles. The lowest BCUT2D eigenvalue weighted by Crippen LogP contribution is -2.28. The van der Waals surface area contributed by atoms with Crippen molar-refractivity contribution in [2.45, 2.75) is 46.6 Å². The molecule has 114 valence electrons. The number of aryl methyl sites for hydroxylation is 2. The highest BCUT2D eigenvalue weighted by atomic mass is 16.5. The first kappa shape index (κ1) is 15.3. The predicted octanol–water partition coefficient (Wildman–Crippen LogP) is 2.43. The van der Waals surface area contributed by atoms with Crippen LogP contribution in [0.5, 0.6) is 0 Å². The van der Waals surface area contributed by atoms with Crippen LogP contribution in [0, 0.1) is 13.8 Å². The van der Waals surface area contributed by atoms with Crippen molar-refractivity contribution in [2.24, 2.45) is 0 Å². The number of nitrogens with one attached hydrogen (secondary N) is 1. The third-order valence-corrected chi connectivity index (χ3v) is 3.46. The molecule has 6 heteroatoms. The summed E-state index contributed by atoms with van der Waals surface area (Å²) in [6.07, 6.45) is 3.36. The standard InChI is InChI=1S/C15H22N4O2/c1-10(2)19-14(7-9-17-19)15(20)16-8-5-6-13-11(3)18-21-12(13)4/h7,9-10H,5-6,8H2,1-4H3,(H,16,20). The normalized spacial score (nSPS) is 11.1. The molecule has 2 heterocycles. The Labute approximate surface area is 124 Å². The maximum atomic E-state index is 12.1. The van der Waals surface area contributed by atoms with Gasteiger partial charge in [-0.15, -0.1) is 0 Å². The molecule has 6 nitrogen and oxygen atoms in total. The summed E-state index contributed by atoms with van der Waals surface area (Å²) >= 11 is 0. The predicted molar refractivity (Wildman–Crippen MR) is 79.2 cm³/mol. The highest BCUT2D eigenvalue weighted by Gasteiger charge is 2.14. The number of carbonyl (C=O) groups excluding carboxylic acids is 1. The van der Waals surface area contributed by atoms with Crippen LogP contribution in [0.25, 0.3) is 0 Å². The summed E-state index contributed by atoms with van der Waals surface area (Å²) in [5.74, 6) is 0.775. The SMILES string of the molecule is Cc1noc(C)c1CCCNC(=O)c1ccnn1C(C)C. The molecule has 0 saturated heterocycles. The maximum absolute atomic E-state index is 12.1. The van der Waals surface area contributed by atoms with Gasteiger partial charge in [0.25, 0.3) is 5.91 Å². The lowest BCUT2D eigenvalue weighted by molar-refractivity contribution is 0.0940. The van der Waals surface area contributed by atoms with Crippen LogP contribution >= 0.6 is 0 Å². The fourth-order valence-corrected chi connectivity index (χ4v) is 2.32. The van der Waals surface area contributed by atoms with E-state index in [9.17, 15) is 4.79 Å². The van der Waals surface area contributed by atoms with Gasteiger partial charge in [0.1, 0.15) is 11.5 Å². The number of hydrogen-bond acceptors (Lipinski definition) is 4. The lowest BCUT2D eigenvalue weighted by atomic mass is 10.1. The largest absolute Gasteiger partial charge is 0.361 e. The summed E-state index contributed by atoms with van der Waals surface area (Å²) in [6, 6.07) is 1.91. The van der Waals surface area contributed by atoms with E-state index in [2.05, 4.69) is 15.6 Å². The molecule has 1 N–H and O–H groups in total. The quantitative estimate of drug-likeness (QED) is 0.829. The van der Waals surface area contributed by atoms with E-state index in [0.29, 0.717) is 12.2 Å². The first-order chi connectivity index (χ1) is 10.0. The molecule has 0 unspecified atom stereocenters. The lowest BCUT2D eigenvalue weighted by Gasteiger charge is -2.11. The minimum absolute atomic E-state index is 0.0834. The maximum Gasteiger partial charge on any atom is 0.269 e. The molecule has 0 atom stereocenters. The van der Waals surface area contributed by atoms with E-state index in [1.165, 1.54) is 0 Å². The molecule has 21 heavy (non-hydrogen) atoms. The minimum atomic E-state index is -0.0834. The van der Waals surface area contributed by atoms with E-state index in [-0.39, 0.29) is 11.9 Å². The van der Waals surface area contributed by atoms with Crippen LogP contribution in [0.4, 0.5) is 0 Å². The minimum Gasteiger partial charge on any atom is -0.361 e. The molecule has 2 aromatic heterocycles. The zero-order valence-corrected chi connectivity index (χ0v) is 13.0. The molecule has 0 fully saturated rings. The first-order valence-corrected chi connectivity index (χ1v) is 7.24. The Morgan fingerprint density at radius 2 is 2.19 bits per heavy atom. The van der Waals surface area contributed by atoms with Crippen LogP contribution in [0.1, 0.15) is 53.8 Å². The van der Waals surface area contributed by atoms with Gasteiger partial charge in [-0.3, -0.25) is 9.48 Å². The molecular weight excluding hydrogens is 268 g/mol. The van der Waals surface area contributed by atoms with Crippen LogP contribution in [0.15, 0.2) is 16.8 Å². The van der Waals surface area contributed by atoms with Crippen molar-refractivity contribution < 1.29 is 9.32 Å². The molecule has 2 aromatic rings. The fourth-order valence-electron chi connectivity index (χ4n) is 2.32. The highest BCUT2D eigenvalue weighted by Crippen LogP contribution is 2.14. The second-order valence-electron chi connectivity index (χ2n) is 5.42. The Bertz CT molecular complexity index is 593. The van der Waals surface area contributed by atoms with Gasteiger partial charge in [0, 0.05) is 24.3 Å². The molecule has 0 bridgehead atoms. The van der Waals surface area contributed by atoms with Gasteiger partial charge < -0.3 is 9.84 Å². The number of amides is 1. The van der Waals surface area contributed by atoms with Crippen molar-refractivity contribution in [3.63, 3.8) is 0 Å². The van der Waals surface area contributed by atoms with E-state index >= 15 is 0 Å². The molecule has 0 aliphatic rings. The zero-order valence-electron chi connectivity index (χ0n) is 13.0. The van der Waals surface area contributed by atoms with Gasteiger partial charge in [-0.25, -0.2) is 0 Å². The van der Waals surface area contributed by atoms with E-state index in [0.717, 1.165) is 29.9 Å². The number of hydrogen-bond donors (Lipinski definition) is 1. The Kier molecular flexibility index (Phi) is 4.77. The number of nitrogens with zero attached hydrogens (tertiary/aromatic N) is 3. The summed E-state index contributed by atoms with van der Waals surface area (Å²) in [4.78, 5) is 12.1. The third-order valence-electron chi connectivity index (χ3n) is 3.46. The van der Waals surface area contributed by atoms with Crippen molar-refractivity contribution in [1.82, 2.24) is 20.3 Å². The molecule has 0 aliphatic carbocycles. The van der Waals surface area contributed by atoms with Gasteiger partial charge >= 0.3 is 0 Å². The Hall–Kier alpha value is -2.11. The van der Waals surface area contributed by atoms with E-state index < -0.39 is 0 Å². The van der Waals surface area contributed by atoms with Gasteiger partial charge in [0.05, 0.1) is 5.69 Å². The Balaban J connectivity index is 1.84. The second-order valence-corrected chi connectivity index (χ2v) is 5.42. The number of carbonyl (C=O) groups is 1. The van der Waals surface area contributed by atoms with Gasteiger partial charge in [-0.05, 0) is 46.6 Å². The van der Waals surface area contributed by atoms with Crippen molar-refractivity contribution in [3.8, 4) is 0 Å². The summed E-state index contributed by atoms with van der Waals surface area (Å²) in [5, 5.41) is 11.0. The van der Waals surface area contributed by atoms with Crippen LogP contribution in [0.3, 0.4) is 0 Å². The van der Waals surface area contributed by atoms with E-state index in [1.807, 2.05) is 27.7 Å². The van der Waals surface area contributed by atoms with Gasteiger partial charge in [-0.1, -0.05) is 5.16 Å². The monoisotopic (exact) mass is 290 g/mol. The fraction of sp³-hybridized carbons (Fsp3) is 0.533. The van der Waals surface area contributed by atoms with Crippen molar-refractivity contribution in [1.29, 1.82) is 0 Å². The van der Waals surface area contributed by atoms with E-state index in [4.69, 9.17) is 4.52 Å². The molecule has 1 amide bonds. The summed E-state index contributed by atoms with van der Waals surface area (Å²) in [7, 11) is 0. The molecule has 0 aliphatic heterocycles. The topological polar surface area (TPSA) is 73.0 Å². The molecule has 0 radical (unpaired) electrons. The van der Waals surface area contributed by atoms with Crippen LogP contribution < -0.4 is 5.32 Å². The smallest absolute Gasteiger partial charge is 0.269 e. The Morgan fingerprint density at radius 3 is 2.81 bits per heavy atom. The van der Waals surface area contributed by atoms with Gasteiger partial charge in [0.2, 0.25) is 0 Å². The number of aromatic nitrogens is 3. The van der Waals surface area contributed by atoms with Crippen LogP contribution in [-0.2, 0) is 6.42 Å². The molecule has 2 rings (SSSR count). The van der Waals surface area contributed by atoms with Gasteiger partial charge in [-0.2, -0.15) is 5.10 Å². The van der Waals surface area contributed by atoms with Crippen molar-refractivity contribution in [2.75, 3.05) is 6.54 Å². The Morgan fingerprint density at radius 1 is 1.43 bits per heavy atom. The average molecular weight is 290 g/mol. The summed E-state index contributed by atoms with van der Waals surface area (Å²) in [5.41, 5.74) is 2.66. The summed E-state index contributed by atoms with van der Waals surface area (Å²) < 4.78 is 6.85. The molecular formula is C15H22N4O2. The molecule has 0 spiro atoms. The van der Waals surface area contributed by atoms with Crippen molar-refractivity contribution >= 4 is 5.91 Å². The van der Waals surface area contributed by atoms with Gasteiger partial charge in [0.15, 0.2) is 0 Å². The van der Waals surface area contributed by atoms with Crippen LogP contribution in [0.2, 0.25) is 0 Å². The van der Waals surface area contributed by atoms with Crippen molar-refractivity contribution in [3.05, 3.63) is 35.0 Å². The highest BCUT2D eigenvalue weighted by molar-refractivity contribution is 5.92. The number of rotatable bonds is 6. The second kappa shape index (κ2) is 6.56. The average Bonchev–Trinajstić information content (AvgIpc) is 3.04. The third kappa shape index (κ3) is 3.51. The van der Waals surface area contributed by atoms with E-state index in [1.54, 1.807) is 16.9 Å². The molecule has 0 aromatic carbocycles.